The molecule has 19 heavy (non-hydrogen) atoms. The first-order valence-electron chi connectivity index (χ1n) is 6.16. The van der Waals surface area contributed by atoms with Crippen molar-refractivity contribution in [1.29, 1.82) is 0 Å². The van der Waals surface area contributed by atoms with E-state index in [-0.39, 0.29) is 11.7 Å². The highest BCUT2D eigenvalue weighted by Crippen LogP contribution is 2.28. The van der Waals surface area contributed by atoms with Gasteiger partial charge < -0.3 is 9.64 Å². The molecule has 1 aromatic carbocycles. The highest BCUT2D eigenvalue weighted by molar-refractivity contribution is 6.02. The van der Waals surface area contributed by atoms with Crippen LogP contribution in [0.25, 0.3) is 0 Å². The zero-order valence-electron chi connectivity index (χ0n) is 11.6. The Hall–Kier alpha value is -2.10. The van der Waals surface area contributed by atoms with Gasteiger partial charge >= 0.3 is 0 Å². The molecule has 0 atom stereocenters. The van der Waals surface area contributed by atoms with Crippen LogP contribution in [0, 0.1) is 0 Å². The number of benzene rings is 1. The molecule has 4 nitrogen and oxygen atoms in total. The number of rotatable bonds is 6. The van der Waals surface area contributed by atoms with Crippen molar-refractivity contribution in [2.75, 3.05) is 18.6 Å². The van der Waals surface area contributed by atoms with E-state index in [0.29, 0.717) is 24.4 Å². The van der Waals surface area contributed by atoms with E-state index in [1.54, 1.807) is 37.1 Å². The van der Waals surface area contributed by atoms with Gasteiger partial charge in [-0.05, 0) is 32.1 Å². The van der Waals surface area contributed by atoms with Crippen LogP contribution >= 0.6 is 0 Å². The average Bonchev–Trinajstić information content (AvgIpc) is 2.39. The van der Waals surface area contributed by atoms with Gasteiger partial charge in [0.05, 0.1) is 12.8 Å². The van der Waals surface area contributed by atoms with Crippen LogP contribution < -0.4 is 9.64 Å². The summed E-state index contributed by atoms with van der Waals surface area (Å²) >= 11 is 0. The topological polar surface area (TPSA) is 46.6 Å². The number of methoxy groups -OCH3 is 1. The summed E-state index contributed by atoms with van der Waals surface area (Å²) in [5.41, 5.74) is 0.675. The Labute approximate surface area is 113 Å². The number of carbonyl (C=O) groups excluding carboxylic acids is 2. The van der Waals surface area contributed by atoms with Gasteiger partial charge in [0.1, 0.15) is 11.5 Å². The lowest BCUT2D eigenvalue weighted by molar-refractivity contribution is -0.117. The Morgan fingerprint density at radius 2 is 2.00 bits per heavy atom. The summed E-state index contributed by atoms with van der Waals surface area (Å²) in [6, 6.07) is 7.27. The molecule has 0 saturated heterocycles. The fraction of sp³-hybridized carbons (Fsp3) is 0.333. The molecular weight excluding hydrogens is 242 g/mol. The molecule has 0 N–H and O–H groups in total. The molecule has 0 aliphatic heterocycles. The summed E-state index contributed by atoms with van der Waals surface area (Å²) in [5.74, 6) is 0.505. The van der Waals surface area contributed by atoms with Crippen molar-refractivity contribution in [3.05, 3.63) is 36.4 Å². The van der Waals surface area contributed by atoms with Gasteiger partial charge in [-0.3, -0.25) is 9.59 Å². The van der Waals surface area contributed by atoms with Gasteiger partial charge in [-0.1, -0.05) is 18.2 Å². The predicted molar refractivity (Wildman–Crippen MR) is 75.5 cm³/mol. The quantitative estimate of drug-likeness (QED) is 0.739. The van der Waals surface area contributed by atoms with Crippen molar-refractivity contribution in [2.24, 2.45) is 0 Å². The summed E-state index contributed by atoms with van der Waals surface area (Å²) in [7, 11) is 1.56. The van der Waals surface area contributed by atoms with Crippen LogP contribution in [0.1, 0.15) is 20.3 Å². The van der Waals surface area contributed by atoms with Gasteiger partial charge in [-0.15, -0.1) is 0 Å². The number of ether oxygens (including phenoxy) is 1. The third-order valence-electron chi connectivity index (χ3n) is 2.64. The number of para-hydroxylation sites is 2. The van der Waals surface area contributed by atoms with E-state index in [9.17, 15) is 9.59 Å². The number of allylic oxidation sites excluding steroid dienone is 1. The molecule has 0 heterocycles. The van der Waals surface area contributed by atoms with E-state index in [4.69, 9.17) is 4.74 Å². The highest BCUT2D eigenvalue weighted by Gasteiger charge is 2.17. The Bertz CT molecular complexity index is 480. The number of hydrogen-bond acceptors (Lipinski definition) is 3. The van der Waals surface area contributed by atoms with Crippen molar-refractivity contribution in [3.63, 3.8) is 0 Å². The number of hydrogen-bond donors (Lipinski definition) is 0. The van der Waals surface area contributed by atoms with Crippen LogP contribution in [0.4, 0.5) is 5.69 Å². The normalized spacial score (nSPS) is 10.5. The minimum absolute atomic E-state index is 0.0492. The van der Waals surface area contributed by atoms with Crippen LogP contribution in [0.2, 0.25) is 0 Å². The second-order valence-electron chi connectivity index (χ2n) is 4.11. The van der Waals surface area contributed by atoms with Crippen LogP contribution in [0.15, 0.2) is 36.4 Å². The lowest BCUT2D eigenvalue weighted by Crippen LogP contribution is -2.31. The molecule has 102 valence electrons. The third-order valence-corrected chi connectivity index (χ3v) is 2.64. The summed E-state index contributed by atoms with van der Waals surface area (Å²) in [6.07, 6.45) is 3.48. The van der Waals surface area contributed by atoms with Crippen LogP contribution in [0.5, 0.6) is 5.75 Å². The molecule has 4 heteroatoms. The van der Waals surface area contributed by atoms with Crippen molar-refractivity contribution in [1.82, 2.24) is 0 Å². The molecule has 0 spiro atoms. The first-order chi connectivity index (χ1) is 9.10. The minimum Gasteiger partial charge on any atom is -0.495 e. The van der Waals surface area contributed by atoms with Gasteiger partial charge in [-0.2, -0.15) is 0 Å². The Kier molecular flexibility index (Phi) is 5.79. The van der Waals surface area contributed by atoms with Crippen LogP contribution in [-0.4, -0.2) is 25.3 Å². The molecule has 1 rings (SSSR count). The third kappa shape index (κ3) is 4.25. The van der Waals surface area contributed by atoms with Gasteiger partial charge in [0.2, 0.25) is 0 Å². The van der Waals surface area contributed by atoms with E-state index in [2.05, 4.69) is 0 Å². The minimum atomic E-state index is -0.159. The second kappa shape index (κ2) is 7.36. The fourth-order valence-electron chi connectivity index (χ4n) is 1.70. The summed E-state index contributed by atoms with van der Waals surface area (Å²) in [6.45, 7) is 3.64. The zero-order valence-corrected chi connectivity index (χ0v) is 11.6. The van der Waals surface area contributed by atoms with Crippen molar-refractivity contribution >= 4 is 17.4 Å². The van der Waals surface area contributed by atoms with Crippen LogP contribution in [-0.2, 0) is 9.59 Å². The van der Waals surface area contributed by atoms with E-state index in [0.717, 1.165) is 0 Å². The maximum atomic E-state index is 12.1. The molecule has 0 bridgehead atoms. The lowest BCUT2D eigenvalue weighted by Gasteiger charge is -2.23. The Morgan fingerprint density at radius 1 is 1.32 bits per heavy atom. The molecule has 1 amide bonds. The predicted octanol–water partition coefficient (Wildman–Crippen LogP) is 2.58. The standard InChI is InChI=1S/C15H19NO3/c1-4-7-15(18)16(11-10-12(2)17)13-8-5-6-9-14(13)19-3/h4-9H,10-11H2,1-3H3/b7-4+. The first-order valence-corrected chi connectivity index (χ1v) is 6.16. The lowest BCUT2D eigenvalue weighted by atomic mass is 10.2. The fourth-order valence-corrected chi connectivity index (χ4v) is 1.70. The summed E-state index contributed by atoms with van der Waals surface area (Å²) in [4.78, 5) is 24.8. The summed E-state index contributed by atoms with van der Waals surface area (Å²) < 4.78 is 5.26. The maximum Gasteiger partial charge on any atom is 0.250 e. The zero-order chi connectivity index (χ0) is 14.3. The van der Waals surface area contributed by atoms with Gasteiger partial charge in [-0.25, -0.2) is 0 Å². The molecule has 1 aromatic rings. The van der Waals surface area contributed by atoms with E-state index in [1.807, 2.05) is 12.1 Å². The number of Topliss-reactive ketones (excluding diaryl/α,β-unsaturated/α-hetero) is 1. The molecule has 0 aliphatic carbocycles. The van der Waals surface area contributed by atoms with E-state index < -0.39 is 0 Å². The van der Waals surface area contributed by atoms with Crippen molar-refractivity contribution in [2.45, 2.75) is 20.3 Å². The molecule has 0 saturated carbocycles. The number of ketones is 1. The number of anilines is 1. The largest absolute Gasteiger partial charge is 0.495 e. The molecule has 0 radical (unpaired) electrons. The maximum absolute atomic E-state index is 12.1. The van der Waals surface area contributed by atoms with Gasteiger partial charge in [0.15, 0.2) is 0 Å². The van der Waals surface area contributed by atoms with Gasteiger partial charge in [0.25, 0.3) is 5.91 Å². The molecule has 0 fully saturated rings. The van der Waals surface area contributed by atoms with Gasteiger partial charge in [0, 0.05) is 13.0 Å². The van der Waals surface area contributed by atoms with E-state index in [1.165, 1.54) is 13.0 Å². The Balaban J connectivity index is 3.07. The monoisotopic (exact) mass is 261 g/mol. The van der Waals surface area contributed by atoms with Crippen LogP contribution in [0.3, 0.4) is 0 Å². The van der Waals surface area contributed by atoms with E-state index >= 15 is 0 Å². The Morgan fingerprint density at radius 3 is 2.58 bits per heavy atom. The second-order valence-corrected chi connectivity index (χ2v) is 4.11. The van der Waals surface area contributed by atoms with Crippen molar-refractivity contribution in [3.8, 4) is 5.75 Å². The SMILES string of the molecule is C/C=C/C(=O)N(CCC(C)=O)c1ccccc1OC. The first kappa shape index (κ1) is 15.0. The van der Waals surface area contributed by atoms with Crippen molar-refractivity contribution < 1.29 is 14.3 Å². The number of nitrogens with zero attached hydrogens (tertiary/aromatic N) is 1. The highest BCUT2D eigenvalue weighted by atomic mass is 16.5. The number of carbonyl (C=O) groups is 2. The molecule has 0 aromatic heterocycles. The molecule has 0 unspecified atom stereocenters. The number of amides is 1. The molecule has 0 aliphatic rings. The summed E-state index contributed by atoms with van der Waals surface area (Å²) in [5, 5.41) is 0. The molecular formula is C15H19NO3. The average molecular weight is 261 g/mol. The smallest absolute Gasteiger partial charge is 0.250 e.